The maximum absolute atomic E-state index is 12.8. The zero-order valence-corrected chi connectivity index (χ0v) is 13.7. The number of likely N-dealkylation sites (tertiary alicyclic amines) is 1. The van der Waals surface area contributed by atoms with Gasteiger partial charge in [0.25, 0.3) is 0 Å². The van der Waals surface area contributed by atoms with E-state index < -0.39 is 17.6 Å². The van der Waals surface area contributed by atoms with Gasteiger partial charge >= 0.3 is 6.18 Å². The third-order valence-electron chi connectivity index (χ3n) is 3.60. The standard InChI is InChI=1S/C15H18F3N3O2.ClH/c16-15(17,18)11-5-10(8-19)6-12(7-11)20-13(22)9-21-4-2-1-3-14(21)23;/h5-7H,1-4,8-9,19H2,(H,20,22);1H. The Morgan fingerprint density at radius 1 is 1.25 bits per heavy atom. The molecular formula is C15H19ClF3N3O2. The van der Waals surface area contributed by atoms with Gasteiger partial charge in [-0.1, -0.05) is 0 Å². The highest BCUT2D eigenvalue weighted by Gasteiger charge is 2.31. The number of benzene rings is 1. The number of carbonyl (C=O) groups excluding carboxylic acids is 2. The van der Waals surface area contributed by atoms with Gasteiger partial charge in [0.2, 0.25) is 11.8 Å². The molecule has 0 atom stereocenters. The van der Waals surface area contributed by atoms with Crippen molar-refractivity contribution in [1.82, 2.24) is 4.90 Å². The summed E-state index contributed by atoms with van der Waals surface area (Å²) in [5, 5.41) is 2.41. The lowest BCUT2D eigenvalue weighted by molar-refractivity contribution is -0.137. The summed E-state index contributed by atoms with van der Waals surface area (Å²) in [6, 6.07) is 3.20. The summed E-state index contributed by atoms with van der Waals surface area (Å²) in [5.74, 6) is -0.638. The summed E-state index contributed by atoms with van der Waals surface area (Å²) < 4.78 is 38.5. The first kappa shape index (κ1) is 20.2. The Kier molecular flexibility index (Phi) is 7.04. The molecule has 3 N–H and O–H groups in total. The number of nitrogens with zero attached hydrogens (tertiary/aromatic N) is 1. The first-order valence-electron chi connectivity index (χ1n) is 7.28. The monoisotopic (exact) mass is 365 g/mol. The minimum Gasteiger partial charge on any atom is -0.333 e. The fourth-order valence-corrected chi connectivity index (χ4v) is 2.45. The Balaban J connectivity index is 0.00000288. The number of nitrogens with one attached hydrogen (secondary N) is 1. The van der Waals surface area contributed by atoms with E-state index in [1.165, 1.54) is 11.0 Å². The molecule has 0 aliphatic carbocycles. The molecule has 1 fully saturated rings. The van der Waals surface area contributed by atoms with Gasteiger partial charge in [0.15, 0.2) is 0 Å². The van der Waals surface area contributed by atoms with Crippen molar-refractivity contribution in [3.05, 3.63) is 29.3 Å². The van der Waals surface area contributed by atoms with Gasteiger partial charge in [0.05, 0.1) is 12.1 Å². The summed E-state index contributed by atoms with van der Waals surface area (Å²) in [4.78, 5) is 25.0. The smallest absolute Gasteiger partial charge is 0.333 e. The van der Waals surface area contributed by atoms with Crippen LogP contribution in [0.15, 0.2) is 18.2 Å². The first-order valence-corrected chi connectivity index (χ1v) is 7.28. The molecule has 0 bridgehead atoms. The van der Waals surface area contributed by atoms with Crippen LogP contribution in [-0.2, 0) is 22.3 Å². The zero-order chi connectivity index (χ0) is 17.0. The van der Waals surface area contributed by atoms with Crippen LogP contribution in [0, 0.1) is 0 Å². The Morgan fingerprint density at radius 3 is 2.54 bits per heavy atom. The number of rotatable bonds is 4. The Bertz CT molecular complexity index is 608. The number of piperidine rings is 1. The highest BCUT2D eigenvalue weighted by Crippen LogP contribution is 2.32. The lowest BCUT2D eigenvalue weighted by Crippen LogP contribution is -2.40. The number of hydrogen-bond acceptors (Lipinski definition) is 3. The normalized spacial score (nSPS) is 15.0. The molecule has 1 aromatic rings. The number of halogens is 4. The number of amides is 2. The SMILES string of the molecule is Cl.NCc1cc(NC(=O)CN2CCCCC2=O)cc(C(F)(F)F)c1. The molecule has 134 valence electrons. The molecule has 0 saturated carbocycles. The van der Waals surface area contributed by atoms with Gasteiger partial charge in [-0.2, -0.15) is 13.2 Å². The summed E-state index contributed by atoms with van der Waals surface area (Å²) >= 11 is 0. The third-order valence-corrected chi connectivity index (χ3v) is 3.60. The van der Waals surface area contributed by atoms with E-state index in [9.17, 15) is 22.8 Å². The Labute approximate surface area is 143 Å². The molecule has 0 radical (unpaired) electrons. The summed E-state index contributed by atoms with van der Waals surface area (Å²) in [6.07, 6.45) is -2.51. The van der Waals surface area contributed by atoms with Crippen LogP contribution < -0.4 is 11.1 Å². The molecule has 1 aliphatic heterocycles. The summed E-state index contributed by atoms with van der Waals surface area (Å²) in [6.45, 7) is 0.257. The van der Waals surface area contributed by atoms with Crippen molar-refractivity contribution in [2.75, 3.05) is 18.4 Å². The van der Waals surface area contributed by atoms with E-state index in [1.807, 2.05) is 0 Å². The average Bonchev–Trinajstić information content (AvgIpc) is 2.48. The van der Waals surface area contributed by atoms with Crippen molar-refractivity contribution in [1.29, 1.82) is 0 Å². The summed E-state index contributed by atoms with van der Waals surface area (Å²) in [7, 11) is 0. The Hall–Kier alpha value is -1.80. The zero-order valence-electron chi connectivity index (χ0n) is 12.9. The molecule has 0 spiro atoms. The fraction of sp³-hybridized carbons (Fsp3) is 0.467. The van der Waals surface area contributed by atoms with Gasteiger partial charge in [-0.05, 0) is 36.6 Å². The second-order valence-electron chi connectivity index (χ2n) is 5.44. The van der Waals surface area contributed by atoms with Crippen LogP contribution in [-0.4, -0.2) is 29.8 Å². The predicted molar refractivity (Wildman–Crippen MR) is 85.6 cm³/mol. The number of anilines is 1. The third kappa shape index (κ3) is 5.38. The molecule has 2 amide bonds. The van der Waals surface area contributed by atoms with Crippen molar-refractivity contribution < 1.29 is 22.8 Å². The summed E-state index contributed by atoms with van der Waals surface area (Å²) in [5.41, 5.74) is 4.82. The van der Waals surface area contributed by atoms with Crippen LogP contribution in [0.25, 0.3) is 0 Å². The minimum absolute atomic E-state index is 0. The largest absolute Gasteiger partial charge is 0.416 e. The second kappa shape index (κ2) is 8.34. The molecule has 0 unspecified atom stereocenters. The average molecular weight is 366 g/mol. The van der Waals surface area contributed by atoms with E-state index in [0.717, 1.165) is 25.0 Å². The maximum atomic E-state index is 12.8. The fourth-order valence-electron chi connectivity index (χ4n) is 2.45. The van der Waals surface area contributed by atoms with E-state index >= 15 is 0 Å². The molecule has 9 heteroatoms. The van der Waals surface area contributed by atoms with E-state index in [1.54, 1.807) is 0 Å². The van der Waals surface area contributed by atoms with Crippen molar-refractivity contribution in [3.8, 4) is 0 Å². The molecule has 1 aliphatic rings. The van der Waals surface area contributed by atoms with Gasteiger partial charge in [-0.3, -0.25) is 9.59 Å². The van der Waals surface area contributed by atoms with Crippen LogP contribution in [0.1, 0.15) is 30.4 Å². The topological polar surface area (TPSA) is 75.4 Å². The molecular weight excluding hydrogens is 347 g/mol. The lowest BCUT2D eigenvalue weighted by atomic mass is 10.1. The molecule has 24 heavy (non-hydrogen) atoms. The maximum Gasteiger partial charge on any atom is 0.416 e. The van der Waals surface area contributed by atoms with Crippen LogP contribution >= 0.6 is 12.4 Å². The van der Waals surface area contributed by atoms with E-state index in [-0.39, 0.29) is 42.7 Å². The lowest BCUT2D eigenvalue weighted by Gasteiger charge is -2.26. The first-order chi connectivity index (χ1) is 10.8. The predicted octanol–water partition coefficient (Wildman–Crippen LogP) is 2.54. The number of hydrogen-bond donors (Lipinski definition) is 2. The van der Waals surface area contributed by atoms with Crippen molar-refractivity contribution in [3.63, 3.8) is 0 Å². The number of nitrogens with two attached hydrogens (primary N) is 1. The minimum atomic E-state index is -4.52. The van der Waals surface area contributed by atoms with Crippen molar-refractivity contribution >= 4 is 29.9 Å². The van der Waals surface area contributed by atoms with Crippen LogP contribution in [0.4, 0.5) is 18.9 Å². The quantitative estimate of drug-likeness (QED) is 0.861. The molecule has 0 aromatic heterocycles. The van der Waals surface area contributed by atoms with Crippen LogP contribution in [0.5, 0.6) is 0 Å². The van der Waals surface area contributed by atoms with Crippen molar-refractivity contribution in [2.45, 2.75) is 32.0 Å². The molecule has 1 heterocycles. The Morgan fingerprint density at radius 2 is 1.96 bits per heavy atom. The van der Waals surface area contributed by atoms with Gasteiger partial charge in [-0.15, -0.1) is 12.4 Å². The second-order valence-corrected chi connectivity index (χ2v) is 5.44. The van der Waals surface area contributed by atoms with E-state index in [4.69, 9.17) is 5.73 Å². The highest BCUT2D eigenvalue weighted by molar-refractivity contribution is 5.94. The number of carbonyl (C=O) groups is 2. The molecule has 2 rings (SSSR count). The molecule has 1 saturated heterocycles. The molecule has 1 aromatic carbocycles. The molecule has 5 nitrogen and oxygen atoms in total. The van der Waals surface area contributed by atoms with Crippen LogP contribution in [0.3, 0.4) is 0 Å². The van der Waals surface area contributed by atoms with Crippen molar-refractivity contribution in [2.24, 2.45) is 5.73 Å². The van der Waals surface area contributed by atoms with Gasteiger partial charge < -0.3 is 16.0 Å². The van der Waals surface area contributed by atoms with Gasteiger partial charge in [-0.25, -0.2) is 0 Å². The van der Waals surface area contributed by atoms with Crippen LogP contribution in [0.2, 0.25) is 0 Å². The number of alkyl halides is 3. The highest BCUT2D eigenvalue weighted by atomic mass is 35.5. The van der Waals surface area contributed by atoms with E-state index in [0.29, 0.717) is 13.0 Å². The van der Waals surface area contributed by atoms with Gasteiger partial charge in [0.1, 0.15) is 0 Å². The van der Waals surface area contributed by atoms with Gasteiger partial charge in [0, 0.05) is 25.2 Å². The van der Waals surface area contributed by atoms with E-state index in [2.05, 4.69) is 5.32 Å².